The van der Waals surface area contributed by atoms with Crippen molar-refractivity contribution in [1.29, 1.82) is 0 Å². The van der Waals surface area contributed by atoms with E-state index in [2.05, 4.69) is 5.32 Å². The molecule has 2 N–H and O–H groups in total. The van der Waals surface area contributed by atoms with Crippen molar-refractivity contribution in [2.45, 2.75) is 19.1 Å². The second-order valence-corrected chi connectivity index (χ2v) is 9.15. The van der Waals surface area contributed by atoms with Crippen LogP contribution in [0.5, 0.6) is 5.75 Å². The average Bonchev–Trinajstić information content (AvgIpc) is 2.88. The molecule has 1 atom stereocenters. The number of fused-ring (bicyclic) bond motifs is 1. The highest BCUT2D eigenvalue weighted by atomic mass is 35.5. The van der Waals surface area contributed by atoms with Crippen LogP contribution in [0.1, 0.15) is 16.7 Å². The Bertz CT molecular complexity index is 1490. The van der Waals surface area contributed by atoms with Crippen molar-refractivity contribution in [3.05, 3.63) is 117 Å². The third kappa shape index (κ3) is 7.09. The lowest BCUT2D eigenvalue weighted by Gasteiger charge is -2.14. The van der Waals surface area contributed by atoms with Gasteiger partial charge >= 0.3 is 5.97 Å². The summed E-state index contributed by atoms with van der Waals surface area (Å²) in [6, 6.07) is 21.2. The quantitative estimate of drug-likeness (QED) is 0.233. The first-order valence-corrected chi connectivity index (χ1v) is 12.1. The Morgan fingerprint density at radius 1 is 0.946 bits per heavy atom. The topological polar surface area (TPSA) is 75.6 Å². The fraction of sp³-hybridized carbons (Fsp3) is 0.103. The fourth-order valence-electron chi connectivity index (χ4n) is 3.71. The van der Waals surface area contributed by atoms with E-state index >= 15 is 0 Å². The molecule has 37 heavy (non-hydrogen) atoms. The Labute approximate surface area is 223 Å². The maximum absolute atomic E-state index is 13.8. The number of amides is 1. The molecule has 4 aromatic rings. The number of carboxylic acid groups (broad SMARTS) is 1. The minimum Gasteiger partial charge on any atom is -0.489 e. The lowest BCUT2D eigenvalue weighted by Crippen LogP contribution is -2.41. The number of rotatable bonds is 9. The second-order valence-electron chi connectivity index (χ2n) is 8.33. The normalized spacial score (nSPS) is 12.0. The van der Waals surface area contributed by atoms with Gasteiger partial charge in [0.1, 0.15) is 24.2 Å². The summed E-state index contributed by atoms with van der Waals surface area (Å²) in [5.74, 6) is -1.42. The first-order chi connectivity index (χ1) is 17.8. The molecule has 1 amide bonds. The number of hydrogen-bond acceptors (Lipinski definition) is 3. The minimum absolute atomic E-state index is 0.100. The van der Waals surface area contributed by atoms with E-state index in [0.29, 0.717) is 26.9 Å². The molecule has 4 aromatic carbocycles. The van der Waals surface area contributed by atoms with Crippen LogP contribution in [0, 0.1) is 5.82 Å². The predicted molar refractivity (Wildman–Crippen MR) is 143 cm³/mol. The highest BCUT2D eigenvalue weighted by Gasteiger charge is 2.19. The van der Waals surface area contributed by atoms with Gasteiger partial charge in [-0.05, 0) is 58.3 Å². The van der Waals surface area contributed by atoms with Gasteiger partial charge in [-0.15, -0.1) is 0 Å². The van der Waals surface area contributed by atoms with Crippen LogP contribution >= 0.6 is 23.2 Å². The fourth-order valence-corrected chi connectivity index (χ4v) is 4.02. The van der Waals surface area contributed by atoms with Gasteiger partial charge in [-0.25, -0.2) is 9.18 Å². The van der Waals surface area contributed by atoms with E-state index in [4.69, 9.17) is 27.9 Å². The summed E-state index contributed by atoms with van der Waals surface area (Å²) in [5, 5.41) is 14.7. The molecule has 0 aliphatic heterocycles. The molecular formula is C29H22Cl2FNO4. The number of halogens is 3. The van der Waals surface area contributed by atoms with Crippen molar-refractivity contribution in [1.82, 2.24) is 5.32 Å². The van der Waals surface area contributed by atoms with E-state index in [1.165, 1.54) is 18.2 Å². The Balaban J connectivity index is 1.40. The highest BCUT2D eigenvalue weighted by Crippen LogP contribution is 2.25. The Kier molecular flexibility index (Phi) is 8.43. The van der Waals surface area contributed by atoms with Gasteiger partial charge in [-0.2, -0.15) is 0 Å². The first-order valence-electron chi connectivity index (χ1n) is 11.3. The molecule has 8 heteroatoms. The molecule has 0 aliphatic rings. The number of aliphatic carboxylic acids is 1. The SMILES string of the molecule is O=C(/C=C/c1ccc(Cl)c(Cl)c1)NC(Cc1ccc2cc(OCc3ccccc3F)ccc2c1)C(=O)O. The van der Waals surface area contributed by atoms with Crippen LogP contribution in [0.4, 0.5) is 4.39 Å². The molecule has 188 valence electrons. The highest BCUT2D eigenvalue weighted by molar-refractivity contribution is 6.42. The Morgan fingerprint density at radius 3 is 2.46 bits per heavy atom. The van der Waals surface area contributed by atoms with E-state index < -0.39 is 17.9 Å². The number of carbonyl (C=O) groups excluding carboxylic acids is 1. The molecule has 0 radical (unpaired) electrons. The predicted octanol–water partition coefficient (Wildman–Crippen LogP) is 6.69. The monoisotopic (exact) mass is 537 g/mol. The Morgan fingerprint density at radius 2 is 1.70 bits per heavy atom. The van der Waals surface area contributed by atoms with Crippen LogP contribution in [0.25, 0.3) is 16.8 Å². The van der Waals surface area contributed by atoms with Crippen LogP contribution in [-0.4, -0.2) is 23.0 Å². The molecular weight excluding hydrogens is 516 g/mol. The zero-order chi connectivity index (χ0) is 26.4. The van der Waals surface area contributed by atoms with Gasteiger partial charge in [-0.3, -0.25) is 4.79 Å². The molecule has 5 nitrogen and oxygen atoms in total. The van der Waals surface area contributed by atoms with Gasteiger partial charge in [-0.1, -0.05) is 71.7 Å². The maximum Gasteiger partial charge on any atom is 0.326 e. The molecule has 4 rings (SSSR count). The smallest absolute Gasteiger partial charge is 0.326 e. The third-order valence-electron chi connectivity index (χ3n) is 5.65. The van der Waals surface area contributed by atoms with Gasteiger partial charge in [0.15, 0.2) is 0 Å². The van der Waals surface area contributed by atoms with E-state index in [1.807, 2.05) is 24.3 Å². The van der Waals surface area contributed by atoms with Crippen molar-refractivity contribution in [3.63, 3.8) is 0 Å². The average molecular weight is 538 g/mol. The van der Waals surface area contributed by atoms with Crippen LogP contribution in [0.2, 0.25) is 10.0 Å². The number of carboxylic acids is 1. The molecule has 0 saturated heterocycles. The number of ether oxygens (including phenoxy) is 1. The van der Waals surface area contributed by atoms with Crippen LogP contribution < -0.4 is 10.1 Å². The molecule has 0 aliphatic carbocycles. The van der Waals surface area contributed by atoms with Crippen molar-refractivity contribution in [3.8, 4) is 5.75 Å². The molecule has 0 heterocycles. The van der Waals surface area contributed by atoms with Crippen molar-refractivity contribution >= 4 is 51.9 Å². The van der Waals surface area contributed by atoms with Crippen LogP contribution in [0.3, 0.4) is 0 Å². The summed E-state index contributed by atoms with van der Waals surface area (Å²) >= 11 is 11.9. The zero-order valence-corrected chi connectivity index (χ0v) is 21.0. The summed E-state index contributed by atoms with van der Waals surface area (Å²) in [5.41, 5.74) is 1.86. The molecule has 0 aromatic heterocycles. The first kappa shape index (κ1) is 26.2. The Hall–Kier alpha value is -3.87. The number of nitrogens with one attached hydrogen (secondary N) is 1. The van der Waals surface area contributed by atoms with Gasteiger partial charge in [0.2, 0.25) is 5.91 Å². The molecule has 0 bridgehead atoms. The summed E-state index contributed by atoms with van der Waals surface area (Å²) in [6.45, 7) is 0.107. The molecule has 0 saturated carbocycles. The van der Waals surface area contributed by atoms with Gasteiger partial charge in [0.25, 0.3) is 0 Å². The lowest BCUT2D eigenvalue weighted by atomic mass is 10.0. The summed E-state index contributed by atoms with van der Waals surface area (Å²) in [6.07, 6.45) is 2.88. The maximum atomic E-state index is 13.8. The van der Waals surface area contributed by atoms with Crippen LogP contribution in [0.15, 0.2) is 84.9 Å². The van der Waals surface area contributed by atoms with Gasteiger partial charge in [0.05, 0.1) is 10.0 Å². The number of benzene rings is 4. The lowest BCUT2D eigenvalue weighted by molar-refractivity contribution is -0.141. The van der Waals surface area contributed by atoms with Gasteiger partial charge < -0.3 is 15.2 Å². The van der Waals surface area contributed by atoms with E-state index in [9.17, 15) is 19.1 Å². The number of hydrogen-bond donors (Lipinski definition) is 2. The summed E-state index contributed by atoms with van der Waals surface area (Å²) in [4.78, 5) is 24.2. The second kappa shape index (κ2) is 11.9. The van der Waals surface area contributed by atoms with Crippen molar-refractivity contribution in [2.24, 2.45) is 0 Å². The molecule has 1 unspecified atom stereocenters. The molecule has 0 fully saturated rings. The van der Waals surface area contributed by atoms with Crippen molar-refractivity contribution in [2.75, 3.05) is 0 Å². The van der Waals surface area contributed by atoms with E-state index in [-0.39, 0.29) is 18.8 Å². The van der Waals surface area contributed by atoms with Crippen molar-refractivity contribution < 1.29 is 23.8 Å². The third-order valence-corrected chi connectivity index (χ3v) is 6.39. The van der Waals surface area contributed by atoms with E-state index in [0.717, 1.165) is 16.3 Å². The molecule has 0 spiro atoms. The standard InChI is InChI=1S/C29H22Cl2FNO4/c30-24-11-6-18(14-25(24)31)7-12-28(34)33-27(29(35)36)15-19-5-8-21-16-23(10-9-20(21)13-19)37-17-22-3-1-2-4-26(22)32/h1-14,16,27H,15,17H2,(H,33,34)(H,35,36)/b12-7+. The summed E-state index contributed by atoms with van der Waals surface area (Å²) < 4.78 is 19.6. The zero-order valence-electron chi connectivity index (χ0n) is 19.5. The number of carbonyl (C=O) groups is 2. The van der Waals surface area contributed by atoms with Gasteiger partial charge in [0, 0.05) is 18.1 Å². The minimum atomic E-state index is -1.15. The van der Waals surface area contributed by atoms with E-state index in [1.54, 1.807) is 48.5 Å². The summed E-state index contributed by atoms with van der Waals surface area (Å²) in [7, 11) is 0. The van der Waals surface area contributed by atoms with Crippen LogP contribution in [-0.2, 0) is 22.6 Å². The largest absolute Gasteiger partial charge is 0.489 e.